The summed E-state index contributed by atoms with van der Waals surface area (Å²) in [5.74, 6) is -0.454. The van der Waals surface area contributed by atoms with Crippen molar-refractivity contribution in [2.75, 3.05) is 0 Å². The number of unbranched alkanes of at least 4 members (excludes halogenated alkanes) is 1. The molecule has 1 heterocycles. The van der Waals surface area contributed by atoms with Crippen LogP contribution in [0.3, 0.4) is 0 Å². The Labute approximate surface area is 191 Å². The van der Waals surface area contributed by atoms with Crippen molar-refractivity contribution in [3.8, 4) is 0 Å². The second-order valence-electron chi connectivity index (χ2n) is 8.83. The number of carbonyl (C=O) groups is 1. The second-order valence-corrected chi connectivity index (χ2v) is 8.83. The third-order valence-electron chi connectivity index (χ3n) is 6.20. The molecular formula is C27H36O5. The molecule has 32 heavy (non-hydrogen) atoms. The molecular weight excluding hydrogens is 404 g/mol. The predicted molar refractivity (Wildman–Crippen MR) is 124 cm³/mol. The minimum atomic E-state index is -0.734. The molecule has 0 aromatic heterocycles. The Morgan fingerprint density at radius 3 is 2.09 bits per heavy atom. The van der Waals surface area contributed by atoms with Crippen LogP contribution in [0.25, 0.3) is 0 Å². The van der Waals surface area contributed by atoms with E-state index in [9.17, 15) is 4.79 Å². The molecule has 0 saturated carbocycles. The third-order valence-corrected chi connectivity index (χ3v) is 6.20. The van der Waals surface area contributed by atoms with Crippen molar-refractivity contribution in [2.45, 2.75) is 83.6 Å². The van der Waals surface area contributed by atoms with Gasteiger partial charge in [-0.15, -0.1) is 0 Å². The smallest absolute Gasteiger partial charge is 0.303 e. The fourth-order valence-corrected chi connectivity index (χ4v) is 4.31. The Kier molecular flexibility index (Phi) is 9.72. The van der Waals surface area contributed by atoms with Gasteiger partial charge < -0.3 is 19.3 Å². The highest BCUT2D eigenvalue weighted by Crippen LogP contribution is 2.32. The maximum absolute atomic E-state index is 10.8. The first-order valence-electron chi connectivity index (χ1n) is 11.7. The van der Waals surface area contributed by atoms with Crippen LogP contribution in [0.4, 0.5) is 0 Å². The normalized spacial score (nSPS) is 24.2. The van der Waals surface area contributed by atoms with Gasteiger partial charge in [0.15, 0.2) is 0 Å². The number of hydrogen-bond acceptors (Lipinski definition) is 4. The number of carboxylic acid groups (broad SMARTS) is 1. The van der Waals surface area contributed by atoms with Crippen LogP contribution >= 0.6 is 0 Å². The van der Waals surface area contributed by atoms with Crippen molar-refractivity contribution in [3.63, 3.8) is 0 Å². The molecule has 1 aliphatic rings. The van der Waals surface area contributed by atoms with Crippen molar-refractivity contribution in [1.29, 1.82) is 0 Å². The van der Waals surface area contributed by atoms with Crippen LogP contribution in [-0.4, -0.2) is 35.5 Å². The number of benzene rings is 2. The van der Waals surface area contributed by atoms with Gasteiger partial charge in [0.2, 0.25) is 0 Å². The summed E-state index contributed by atoms with van der Waals surface area (Å²) in [6.45, 7) is 5.35. The predicted octanol–water partition coefficient (Wildman–Crippen LogP) is 5.62. The Morgan fingerprint density at radius 1 is 0.969 bits per heavy atom. The highest BCUT2D eigenvalue weighted by molar-refractivity contribution is 5.66. The Hall–Kier alpha value is -2.21. The van der Waals surface area contributed by atoms with Crippen molar-refractivity contribution >= 4 is 5.97 Å². The van der Waals surface area contributed by atoms with E-state index in [1.165, 1.54) is 0 Å². The van der Waals surface area contributed by atoms with Crippen LogP contribution in [0.15, 0.2) is 60.7 Å². The summed E-state index contributed by atoms with van der Waals surface area (Å²) in [6, 6.07) is 20.4. The van der Waals surface area contributed by atoms with Crippen LogP contribution in [0.5, 0.6) is 0 Å². The van der Waals surface area contributed by atoms with Crippen molar-refractivity contribution in [3.05, 3.63) is 71.8 Å². The maximum Gasteiger partial charge on any atom is 0.303 e. The zero-order chi connectivity index (χ0) is 22.8. The lowest BCUT2D eigenvalue weighted by atomic mass is 9.88. The van der Waals surface area contributed by atoms with Gasteiger partial charge >= 0.3 is 5.97 Å². The van der Waals surface area contributed by atoms with E-state index in [2.05, 4.69) is 38.1 Å². The molecule has 5 nitrogen and oxygen atoms in total. The largest absolute Gasteiger partial charge is 0.481 e. The first-order valence-corrected chi connectivity index (χ1v) is 11.7. The zero-order valence-corrected chi connectivity index (χ0v) is 19.2. The van der Waals surface area contributed by atoms with Crippen LogP contribution in [0, 0.1) is 5.92 Å². The molecule has 1 N–H and O–H groups in total. The van der Waals surface area contributed by atoms with Crippen molar-refractivity contribution in [1.82, 2.24) is 0 Å². The van der Waals surface area contributed by atoms with Crippen LogP contribution in [0.1, 0.15) is 57.1 Å². The second kappa shape index (κ2) is 12.7. The summed E-state index contributed by atoms with van der Waals surface area (Å²) in [6.07, 6.45) is 3.33. The summed E-state index contributed by atoms with van der Waals surface area (Å²) >= 11 is 0. The number of rotatable bonds is 12. The van der Waals surface area contributed by atoms with Gasteiger partial charge in [0.05, 0.1) is 37.6 Å². The summed E-state index contributed by atoms with van der Waals surface area (Å²) in [4.78, 5) is 10.8. The van der Waals surface area contributed by atoms with E-state index in [1.54, 1.807) is 0 Å². The number of aliphatic carboxylic acids is 1. The molecule has 0 bridgehead atoms. The molecule has 2 aromatic rings. The number of ether oxygens (including phenoxy) is 3. The van der Waals surface area contributed by atoms with Gasteiger partial charge in [0.1, 0.15) is 0 Å². The minimum absolute atomic E-state index is 0.0262. The standard InChI is InChI=1S/C27H36O5/c1-20(11-9-10-16-26(28)29)27-25(31-19-23-14-7-4-8-15-23)17-24(21(2)32-27)30-18-22-12-5-3-6-13-22/h3-8,12-15,20-21,24-25,27H,9-11,16-19H2,1-2H3,(H,28,29)/t20-,21+,24-,25-,27+/m1/s1. The minimum Gasteiger partial charge on any atom is -0.481 e. The molecule has 0 amide bonds. The molecule has 1 aliphatic heterocycles. The molecule has 0 radical (unpaired) electrons. The average Bonchev–Trinajstić information content (AvgIpc) is 2.81. The monoisotopic (exact) mass is 440 g/mol. The lowest BCUT2D eigenvalue weighted by Gasteiger charge is -2.42. The molecule has 0 spiro atoms. The van der Waals surface area contributed by atoms with Gasteiger partial charge in [-0.25, -0.2) is 0 Å². The quantitative estimate of drug-likeness (QED) is 0.434. The summed E-state index contributed by atoms with van der Waals surface area (Å²) < 4.78 is 19.1. The summed E-state index contributed by atoms with van der Waals surface area (Å²) in [7, 11) is 0. The van der Waals surface area contributed by atoms with Gasteiger partial charge in [-0.3, -0.25) is 4.79 Å². The Morgan fingerprint density at radius 2 is 1.53 bits per heavy atom. The number of carboxylic acids is 1. The Bertz CT molecular complexity index is 794. The molecule has 5 heteroatoms. The van der Waals surface area contributed by atoms with E-state index in [0.717, 1.165) is 30.4 Å². The topological polar surface area (TPSA) is 65.0 Å². The SMILES string of the molecule is C[C@H](CCCCC(=O)O)[C@@H]1O[C@@H](C)[C@H](OCc2ccccc2)C[C@H]1OCc1ccccc1. The van der Waals surface area contributed by atoms with E-state index >= 15 is 0 Å². The van der Waals surface area contributed by atoms with Gasteiger partial charge in [0, 0.05) is 12.8 Å². The lowest BCUT2D eigenvalue weighted by molar-refractivity contribution is -0.210. The molecule has 174 valence electrons. The molecule has 1 saturated heterocycles. The molecule has 0 unspecified atom stereocenters. The zero-order valence-electron chi connectivity index (χ0n) is 19.2. The lowest BCUT2D eigenvalue weighted by Crippen LogP contribution is -2.50. The van der Waals surface area contributed by atoms with Crippen molar-refractivity contribution < 1.29 is 24.1 Å². The highest BCUT2D eigenvalue weighted by atomic mass is 16.6. The van der Waals surface area contributed by atoms with Crippen molar-refractivity contribution in [2.24, 2.45) is 5.92 Å². The van der Waals surface area contributed by atoms with Gasteiger partial charge in [0.25, 0.3) is 0 Å². The average molecular weight is 441 g/mol. The fourth-order valence-electron chi connectivity index (χ4n) is 4.31. The summed E-state index contributed by atoms with van der Waals surface area (Å²) in [5.41, 5.74) is 2.29. The van der Waals surface area contributed by atoms with Crippen LogP contribution in [0.2, 0.25) is 0 Å². The van der Waals surface area contributed by atoms with Gasteiger partial charge in [-0.05, 0) is 36.8 Å². The molecule has 1 fully saturated rings. The number of hydrogen-bond donors (Lipinski definition) is 1. The van der Waals surface area contributed by atoms with E-state index in [0.29, 0.717) is 19.6 Å². The molecule has 5 atom stereocenters. The first kappa shape index (κ1) is 24.4. The molecule has 3 rings (SSSR count). The summed E-state index contributed by atoms with van der Waals surface area (Å²) in [5, 5.41) is 8.89. The van der Waals surface area contributed by atoms with Crippen LogP contribution in [-0.2, 0) is 32.2 Å². The molecule has 2 aromatic carbocycles. The molecule has 0 aliphatic carbocycles. The highest BCUT2D eigenvalue weighted by Gasteiger charge is 2.39. The van der Waals surface area contributed by atoms with E-state index in [-0.39, 0.29) is 36.8 Å². The Balaban J connectivity index is 1.60. The van der Waals surface area contributed by atoms with E-state index in [4.69, 9.17) is 19.3 Å². The van der Waals surface area contributed by atoms with Crippen LogP contribution < -0.4 is 0 Å². The van der Waals surface area contributed by atoms with E-state index in [1.807, 2.05) is 36.4 Å². The van der Waals surface area contributed by atoms with Gasteiger partial charge in [-0.1, -0.05) is 74.0 Å². The third kappa shape index (κ3) is 7.73. The maximum atomic E-state index is 10.8. The first-order chi connectivity index (χ1) is 15.5. The van der Waals surface area contributed by atoms with Gasteiger partial charge in [-0.2, -0.15) is 0 Å². The fraction of sp³-hybridized carbons (Fsp3) is 0.519. The van der Waals surface area contributed by atoms with E-state index < -0.39 is 5.97 Å².